The lowest BCUT2D eigenvalue weighted by molar-refractivity contribution is -0.0493. The van der Waals surface area contributed by atoms with Crippen LogP contribution in [0.4, 0.5) is 0 Å². The van der Waals surface area contributed by atoms with Crippen LogP contribution in [0.1, 0.15) is 13.2 Å². The summed E-state index contributed by atoms with van der Waals surface area (Å²) < 4.78 is 11.4. The van der Waals surface area contributed by atoms with Gasteiger partial charge in [-0.3, -0.25) is 0 Å². The molecule has 4 atom stereocenters. The Morgan fingerprint density at radius 3 is 2.78 bits per heavy atom. The fourth-order valence-electron chi connectivity index (χ4n) is 1.69. The normalized spacial score (nSPS) is 31.8. The van der Waals surface area contributed by atoms with Crippen molar-refractivity contribution in [1.29, 1.82) is 0 Å². The molecule has 8 nitrogen and oxygen atoms in total. The smallest absolute Gasteiger partial charge is 0.363 e. The predicted octanol–water partition coefficient (Wildman–Crippen LogP) is -1.68. The average molecular weight is 278 g/mol. The molecule has 102 valence electrons. The lowest BCUT2D eigenvalue weighted by atomic mass is 10.1. The minimum atomic E-state index is -1.30. The van der Waals surface area contributed by atoms with E-state index in [1.165, 1.54) is 0 Å². The molecule has 1 fully saturated rings. The molecule has 4 unspecified atom stereocenters. The van der Waals surface area contributed by atoms with Crippen LogP contribution in [0.2, 0.25) is 0 Å². The summed E-state index contributed by atoms with van der Waals surface area (Å²) in [7, 11) is 0. The van der Waals surface area contributed by atoms with Gasteiger partial charge in [-0.1, -0.05) is 0 Å². The Morgan fingerprint density at radius 2 is 2.22 bits per heavy atom. The SMILES string of the molecule is CCOc1nc(=O)n(C2OC(CO)C(O)C2O)s1. The van der Waals surface area contributed by atoms with Crippen LogP contribution in [0.25, 0.3) is 0 Å². The van der Waals surface area contributed by atoms with E-state index >= 15 is 0 Å². The molecule has 0 spiro atoms. The second-order valence-electron chi connectivity index (χ2n) is 3.74. The van der Waals surface area contributed by atoms with Crippen LogP contribution in [0.15, 0.2) is 4.79 Å². The molecule has 0 bridgehead atoms. The Bertz CT molecular complexity index is 460. The van der Waals surface area contributed by atoms with Crippen molar-refractivity contribution in [1.82, 2.24) is 8.94 Å². The first-order chi connectivity index (χ1) is 8.58. The fraction of sp³-hybridized carbons (Fsp3) is 0.778. The molecule has 0 aromatic carbocycles. The Kier molecular flexibility index (Phi) is 3.97. The maximum absolute atomic E-state index is 11.6. The molecule has 0 radical (unpaired) electrons. The minimum Gasteiger partial charge on any atom is -0.469 e. The summed E-state index contributed by atoms with van der Waals surface area (Å²) in [6.45, 7) is 1.67. The number of ether oxygens (including phenoxy) is 2. The van der Waals surface area contributed by atoms with Gasteiger partial charge in [0.1, 0.15) is 18.3 Å². The van der Waals surface area contributed by atoms with Gasteiger partial charge < -0.3 is 24.8 Å². The highest BCUT2D eigenvalue weighted by atomic mass is 32.1. The summed E-state index contributed by atoms with van der Waals surface area (Å²) >= 11 is 0.893. The molecule has 1 aliphatic heterocycles. The Labute approximate surface area is 106 Å². The molecule has 0 aliphatic carbocycles. The van der Waals surface area contributed by atoms with E-state index in [9.17, 15) is 15.0 Å². The molecule has 0 amide bonds. The third-order valence-corrected chi connectivity index (χ3v) is 3.49. The molecular weight excluding hydrogens is 264 g/mol. The van der Waals surface area contributed by atoms with Gasteiger partial charge in [-0.05, 0) is 6.92 Å². The van der Waals surface area contributed by atoms with Crippen LogP contribution in [-0.2, 0) is 4.74 Å². The van der Waals surface area contributed by atoms with Gasteiger partial charge in [0.05, 0.1) is 13.2 Å². The molecule has 1 aromatic rings. The van der Waals surface area contributed by atoms with Crippen LogP contribution >= 0.6 is 11.5 Å². The molecule has 9 heteroatoms. The maximum atomic E-state index is 11.6. The first-order valence-electron chi connectivity index (χ1n) is 5.43. The quantitative estimate of drug-likeness (QED) is 0.602. The molecule has 1 aromatic heterocycles. The Morgan fingerprint density at radius 1 is 1.50 bits per heavy atom. The number of aromatic nitrogens is 2. The number of aliphatic hydroxyl groups excluding tert-OH is 3. The van der Waals surface area contributed by atoms with Crippen LogP contribution in [0, 0.1) is 0 Å². The van der Waals surface area contributed by atoms with Gasteiger partial charge in [0.2, 0.25) is 0 Å². The van der Waals surface area contributed by atoms with Gasteiger partial charge in [-0.15, -0.1) is 4.98 Å². The van der Waals surface area contributed by atoms with E-state index in [0.717, 1.165) is 15.5 Å². The first kappa shape index (κ1) is 13.4. The zero-order chi connectivity index (χ0) is 13.3. The number of rotatable bonds is 4. The van der Waals surface area contributed by atoms with Gasteiger partial charge in [-0.25, -0.2) is 8.75 Å². The van der Waals surface area contributed by atoms with E-state index in [-0.39, 0.29) is 5.19 Å². The molecule has 3 N–H and O–H groups in total. The monoisotopic (exact) mass is 278 g/mol. The first-order valence-corrected chi connectivity index (χ1v) is 6.21. The van der Waals surface area contributed by atoms with Crippen molar-refractivity contribution in [2.75, 3.05) is 13.2 Å². The van der Waals surface area contributed by atoms with E-state index in [1.54, 1.807) is 6.92 Å². The zero-order valence-corrected chi connectivity index (χ0v) is 10.4. The van der Waals surface area contributed by atoms with Gasteiger partial charge >= 0.3 is 5.69 Å². The predicted molar refractivity (Wildman–Crippen MR) is 60.6 cm³/mol. The minimum absolute atomic E-state index is 0.167. The summed E-state index contributed by atoms with van der Waals surface area (Å²) in [6, 6.07) is 0. The van der Waals surface area contributed by atoms with Gasteiger partial charge in [0.25, 0.3) is 5.19 Å². The summed E-state index contributed by atoms with van der Waals surface area (Å²) in [6.07, 6.45) is -4.52. The van der Waals surface area contributed by atoms with Gasteiger partial charge in [0.15, 0.2) is 6.23 Å². The largest absolute Gasteiger partial charge is 0.469 e. The summed E-state index contributed by atoms with van der Waals surface area (Å²) in [4.78, 5) is 15.2. The van der Waals surface area contributed by atoms with Crippen LogP contribution in [0.3, 0.4) is 0 Å². The number of hydrogen-bond donors (Lipinski definition) is 3. The molecule has 18 heavy (non-hydrogen) atoms. The van der Waals surface area contributed by atoms with Crippen LogP contribution < -0.4 is 10.4 Å². The topological polar surface area (TPSA) is 114 Å². The van der Waals surface area contributed by atoms with E-state index < -0.39 is 36.8 Å². The second-order valence-corrected chi connectivity index (χ2v) is 4.66. The molecule has 1 saturated heterocycles. The van der Waals surface area contributed by atoms with Crippen molar-refractivity contribution in [3.8, 4) is 5.19 Å². The summed E-state index contributed by atoms with van der Waals surface area (Å²) in [5, 5.41) is 28.5. The lowest BCUT2D eigenvalue weighted by Crippen LogP contribution is -2.34. The van der Waals surface area contributed by atoms with Crippen LogP contribution in [0.5, 0.6) is 5.19 Å². The third-order valence-electron chi connectivity index (χ3n) is 2.57. The van der Waals surface area contributed by atoms with Gasteiger partial charge in [-0.2, -0.15) is 0 Å². The molecule has 2 heterocycles. The standard InChI is InChI=1S/C9H14N2O6S/c1-2-16-9-10-8(15)11(18-9)7-6(14)5(13)4(3-12)17-7/h4-7,12-14H,2-3H2,1H3. The van der Waals surface area contributed by atoms with E-state index in [0.29, 0.717) is 6.61 Å². The molecule has 1 aliphatic rings. The highest BCUT2D eigenvalue weighted by molar-refractivity contribution is 7.07. The van der Waals surface area contributed by atoms with E-state index in [2.05, 4.69) is 4.98 Å². The van der Waals surface area contributed by atoms with Crippen molar-refractivity contribution in [2.45, 2.75) is 31.5 Å². The molecular formula is C9H14N2O6S. The highest BCUT2D eigenvalue weighted by Gasteiger charge is 2.44. The van der Waals surface area contributed by atoms with Crippen LogP contribution in [-0.4, -0.2) is 55.8 Å². The number of nitrogens with zero attached hydrogens (tertiary/aromatic N) is 2. The van der Waals surface area contributed by atoms with E-state index in [1.807, 2.05) is 0 Å². The van der Waals surface area contributed by atoms with Gasteiger partial charge in [0, 0.05) is 11.5 Å². The summed E-state index contributed by atoms with van der Waals surface area (Å²) in [5.41, 5.74) is -0.627. The van der Waals surface area contributed by atoms with Crippen molar-refractivity contribution < 1.29 is 24.8 Å². The third kappa shape index (κ3) is 2.27. The Balaban J connectivity index is 2.24. The van der Waals surface area contributed by atoms with Crippen molar-refractivity contribution in [2.24, 2.45) is 0 Å². The summed E-state index contributed by atoms with van der Waals surface area (Å²) in [5.74, 6) is 0. The molecule has 2 rings (SSSR count). The fourth-order valence-corrected chi connectivity index (χ4v) is 2.54. The second kappa shape index (κ2) is 5.33. The van der Waals surface area contributed by atoms with Crippen molar-refractivity contribution in [3.05, 3.63) is 10.5 Å². The lowest BCUT2D eigenvalue weighted by Gasteiger charge is -2.13. The number of aliphatic hydroxyl groups is 3. The average Bonchev–Trinajstić information content (AvgIpc) is 2.83. The zero-order valence-electron chi connectivity index (χ0n) is 9.59. The highest BCUT2D eigenvalue weighted by Crippen LogP contribution is 2.30. The van der Waals surface area contributed by atoms with Crippen molar-refractivity contribution in [3.63, 3.8) is 0 Å². The van der Waals surface area contributed by atoms with E-state index in [4.69, 9.17) is 14.6 Å². The Hall–Kier alpha value is -1.00. The number of hydrogen-bond acceptors (Lipinski definition) is 8. The molecule has 0 saturated carbocycles. The maximum Gasteiger partial charge on any atom is 0.363 e. The van der Waals surface area contributed by atoms with Crippen molar-refractivity contribution >= 4 is 11.5 Å².